The summed E-state index contributed by atoms with van der Waals surface area (Å²) in [6, 6.07) is 0.364. The predicted octanol–water partition coefficient (Wildman–Crippen LogP) is 1.49. The minimum absolute atomic E-state index is 0.282. The van der Waals surface area contributed by atoms with Crippen LogP contribution in [0.15, 0.2) is 23.8 Å². The monoisotopic (exact) mass is 163 g/mol. The molecule has 0 aliphatic carbocycles. The van der Waals surface area contributed by atoms with Crippen molar-refractivity contribution < 1.29 is 4.79 Å². The lowest BCUT2D eigenvalue weighted by Crippen LogP contribution is -2.36. The van der Waals surface area contributed by atoms with Gasteiger partial charge in [0.25, 0.3) is 0 Å². The maximum Gasteiger partial charge on any atom is 0.223 e. The van der Waals surface area contributed by atoms with Gasteiger partial charge in [0.15, 0.2) is 0 Å². The van der Waals surface area contributed by atoms with Crippen LogP contribution in [0.5, 0.6) is 0 Å². The summed E-state index contributed by atoms with van der Waals surface area (Å²) in [7, 11) is 0. The lowest BCUT2D eigenvalue weighted by Gasteiger charge is -2.29. The van der Waals surface area contributed by atoms with Crippen LogP contribution in [-0.4, -0.2) is 23.4 Å². The van der Waals surface area contributed by atoms with Gasteiger partial charge in [-0.1, -0.05) is 12.7 Å². The van der Waals surface area contributed by atoms with Crippen molar-refractivity contribution in [1.82, 2.24) is 4.90 Å². The summed E-state index contributed by atoms with van der Waals surface area (Å²) in [6.45, 7) is 6.74. The first-order valence-electron chi connectivity index (χ1n) is 4.34. The minimum Gasteiger partial charge on any atom is -0.332 e. The number of amides is 1. The molecule has 1 unspecified atom stereocenters. The Balaban J connectivity index is 2.29. The standard InChI is InChI=1S/C10H13NO/c1-7-5-9-3-4-10(12)11(9)6-8(7)2/h5,9H,2-4,6H2,1H3. The summed E-state index contributed by atoms with van der Waals surface area (Å²) in [4.78, 5) is 13.2. The van der Waals surface area contributed by atoms with E-state index in [0.717, 1.165) is 18.5 Å². The average Bonchev–Trinajstić information content (AvgIpc) is 2.35. The second-order valence-electron chi connectivity index (χ2n) is 3.58. The Morgan fingerprint density at radius 1 is 1.67 bits per heavy atom. The molecule has 2 rings (SSSR count). The number of fused-ring (bicyclic) bond motifs is 1. The molecule has 0 spiro atoms. The molecule has 1 saturated heterocycles. The third-order valence-corrected chi connectivity index (χ3v) is 2.74. The van der Waals surface area contributed by atoms with E-state index < -0.39 is 0 Å². The molecular weight excluding hydrogens is 150 g/mol. The zero-order valence-electron chi connectivity index (χ0n) is 7.34. The van der Waals surface area contributed by atoms with Crippen LogP contribution in [0, 0.1) is 0 Å². The first-order chi connectivity index (χ1) is 5.68. The zero-order valence-corrected chi connectivity index (χ0v) is 7.34. The molecule has 1 fully saturated rings. The second kappa shape index (κ2) is 2.47. The van der Waals surface area contributed by atoms with Crippen molar-refractivity contribution in [1.29, 1.82) is 0 Å². The summed E-state index contributed by atoms with van der Waals surface area (Å²) >= 11 is 0. The maximum absolute atomic E-state index is 11.3. The first-order valence-corrected chi connectivity index (χ1v) is 4.34. The Kier molecular flexibility index (Phi) is 1.56. The van der Waals surface area contributed by atoms with Crippen molar-refractivity contribution in [3.8, 4) is 0 Å². The van der Waals surface area contributed by atoms with Crippen molar-refractivity contribution in [2.45, 2.75) is 25.8 Å². The molecule has 1 atom stereocenters. The van der Waals surface area contributed by atoms with Crippen LogP contribution in [0.1, 0.15) is 19.8 Å². The van der Waals surface area contributed by atoms with Crippen LogP contribution < -0.4 is 0 Å². The summed E-state index contributed by atoms with van der Waals surface area (Å²) in [6.07, 6.45) is 3.86. The van der Waals surface area contributed by atoms with Gasteiger partial charge in [0, 0.05) is 13.0 Å². The van der Waals surface area contributed by atoms with E-state index in [1.807, 2.05) is 4.90 Å². The van der Waals surface area contributed by atoms with Crippen molar-refractivity contribution in [3.63, 3.8) is 0 Å². The van der Waals surface area contributed by atoms with E-state index in [9.17, 15) is 4.79 Å². The molecule has 0 aromatic heterocycles. The highest BCUT2D eigenvalue weighted by atomic mass is 16.2. The Morgan fingerprint density at radius 3 is 3.17 bits per heavy atom. The minimum atomic E-state index is 0.282. The molecule has 0 bridgehead atoms. The van der Waals surface area contributed by atoms with Gasteiger partial charge in [0.05, 0.1) is 6.04 Å². The van der Waals surface area contributed by atoms with Gasteiger partial charge in [0.2, 0.25) is 5.91 Å². The highest BCUT2D eigenvalue weighted by molar-refractivity contribution is 5.80. The lowest BCUT2D eigenvalue weighted by atomic mass is 10.0. The van der Waals surface area contributed by atoms with Crippen molar-refractivity contribution in [2.75, 3.05) is 6.54 Å². The van der Waals surface area contributed by atoms with Crippen LogP contribution in [0.3, 0.4) is 0 Å². The topological polar surface area (TPSA) is 20.3 Å². The fourth-order valence-electron chi connectivity index (χ4n) is 1.87. The van der Waals surface area contributed by atoms with Crippen molar-refractivity contribution in [3.05, 3.63) is 23.8 Å². The Labute approximate surface area is 72.6 Å². The van der Waals surface area contributed by atoms with E-state index in [1.54, 1.807) is 0 Å². The van der Waals surface area contributed by atoms with Gasteiger partial charge in [0.1, 0.15) is 0 Å². The Morgan fingerprint density at radius 2 is 2.42 bits per heavy atom. The maximum atomic E-state index is 11.3. The molecule has 0 radical (unpaired) electrons. The highest BCUT2D eigenvalue weighted by Gasteiger charge is 2.32. The van der Waals surface area contributed by atoms with Gasteiger partial charge in [-0.3, -0.25) is 4.79 Å². The van der Waals surface area contributed by atoms with E-state index in [2.05, 4.69) is 19.6 Å². The van der Waals surface area contributed by atoms with E-state index in [0.29, 0.717) is 12.5 Å². The number of carbonyl (C=O) groups excluding carboxylic acids is 1. The molecule has 2 aliphatic rings. The van der Waals surface area contributed by atoms with Crippen molar-refractivity contribution >= 4 is 5.91 Å². The molecule has 0 aromatic rings. The van der Waals surface area contributed by atoms with Gasteiger partial charge in [-0.15, -0.1) is 0 Å². The third kappa shape index (κ3) is 0.986. The van der Waals surface area contributed by atoms with Gasteiger partial charge >= 0.3 is 0 Å². The summed E-state index contributed by atoms with van der Waals surface area (Å²) in [5, 5.41) is 0. The quantitative estimate of drug-likeness (QED) is 0.530. The molecule has 2 heterocycles. The number of nitrogens with zero attached hydrogens (tertiary/aromatic N) is 1. The molecule has 0 N–H and O–H groups in total. The number of rotatable bonds is 0. The van der Waals surface area contributed by atoms with Crippen LogP contribution >= 0.6 is 0 Å². The molecule has 2 aliphatic heterocycles. The van der Waals surface area contributed by atoms with E-state index >= 15 is 0 Å². The summed E-state index contributed by atoms with van der Waals surface area (Å²) < 4.78 is 0. The van der Waals surface area contributed by atoms with Gasteiger partial charge in [-0.25, -0.2) is 0 Å². The van der Waals surface area contributed by atoms with Gasteiger partial charge in [-0.2, -0.15) is 0 Å². The van der Waals surface area contributed by atoms with Crippen LogP contribution in [-0.2, 0) is 4.79 Å². The zero-order chi connectivity index (χ0) is 8.72. The SMILES string of the molecule is C=C1CN2C(=O)CCC2C=C1C. The molecule has 2 heteroatoms. The van der Waals surface area contributed by atoms with Crippen LogP contribution in [0.4, 0.5) is 0 Å². The smallest absolute Gasteiger partial charge is 0.223 e. The number of hydrogen-bond acceptors (Lipinski definition) is 1. The van der Waals surface area contributed by atoms with E-state index in [1.165, 1.54) is 5.57 Å². The molecule has 1 amide bonds. The van der Waals surface area contributed by atoms with E-state index in [4.69, 9.17) is 0 Å². The third-order valence-electron chi connectivity index (χ3n) is 2.74. The van der Waals surface area contributed by atoms with Crippen molar-refractivity contribution in [2.24, 2.45) is 0 Å². The Hall–Kier alpha value is -1.05. The highest BCUT2D eigenvalue weighted by Crippen LogP contribution is 2.28. The molecule has 2 nitrogen and oxygen atoms in total. The fourth-order valence-corrected chi connectivity index (χ4v) is 1.87. The lowest BCUT2D eigenvalue weighted by molar-refractivity contribution is -0.128. The first kappa shape index (κ1) is 7.59. The van der Waals surface area contributed by atoms with Gasteiger partial charge < -0.3 is 4.90 Å². The predicted molar refractivity (Wildman–Crippen MR) is 47.6 cm³/mol. The van der Waals surface area contributed by atoms with Gasteiger partial charge in [-0.05, 0) is 24.5 Å². The van der Waals surface area contributed by atoms with Crippen LogP contribution in [0.25, 0.3) is 0 Å². The molecular formula is C10H13NO. The second-order valence-corrected chi connectivity index (χ2v) is 3.58. The number of hydrogen-bond donors (Lipinski definition) is 0. The summed E-state index contributed by atoms with van der Waals surface area (Å²) in [5.74, 6) is 0.282. The molecule has 0 aromatic carbocycles. The fraction of sp³-hybridized carbons (Fsp3) is 0.500. The van der Waals surface area contributed by atoms with E-state index in [-0.39, 0.29) is 5.91 Å². The largest absolute Gasteiger partial charge is 0.332 e. The summed E-state index contributed by atoms with van der Waals surface area (Å²) in [5.41, 5.74) is 2.34. The number of carbonyl (C=O) groups is 1. The Bertz CT molecular complexity index is 278. The molecule has 64 valence electrons. The molecule has 12 heavy (non-hydrogen) atoms. The normalized spacial score (nSPS) is 28.9. The average molecular weight is 163 g/mol. The molecule has 0 saturated carbocycles. The van der Waals surface area contributed by atoms with Crippen LogP contribution in [0.2, 0.25) is 0 Å².